The van der Waals surface area contributed by atoms with E-state index in [0.717, 1.165) is 62.1 Å². The molecule has 1 fully saturated rings. The number of nitrogens with one attached hydrogen (secondary N) is 1. The maximum Gasteiger partial charge on any atom is 0.263 e. The molecule has 0 bridgehead atoms. The molecule has 0 saturated carbocycles. The second kappa shape index (κ2) is 8.79. The molecule has 1 amide bonds. The number of piperidine rings is 1. The molecule has 0 spiro atoms. The van der Waals surface area contributed by atoms with Crippen LogP contribution in [0.5, 0.6) is 0 Å². The van der Waals surface area contributed by atoms with E-state index in [-0.39, 0.29) is 22.4 Å². The van der Waals surface area contributed by atoms with Gasteiger partial charge in [-0.2, -0.15) is 0 Å². The lowest BCUT2D eigenvalue weighted by molar-refractivity contribution is -0.131. The lowest BCUT2D eigenvalue weighted by Crippen LogP contribution is -2.36. The molecule has 0 radical (unpaired) electrons. The Labute approximate surface area is 163 Å². The lowest BCUT2D eigenvalue weighted by Gasteiger charge is -2.26. The van der Waals surface area contributed by atoms with Crippen LogP contribution < -0.4 is 4.72 Å². The molecule has 146 valence electrons. The van der Waals surface area contributed by atoms with Gasteiger partial charge in [0.25, 0.3) is 10.0 Å². The third-order valence-electron chi connectivity index (χ3n) is 4.47. The van der Waals surface area contributed by atoms with Gasteiger partial charge in [-0.1, -0.05) is 36.8 Å². The van der Waals surface area contributed by atoms with Crippen molar-refractivity contribution in [2.24, 2.45) is 0 Å². The molecule has 0 unspecified atom stereocenters. The molecule has 2 heterocycles. The van der Waals surface area contributed by atoms with Gasteiger partial charge in [0.05, 0.1) is 11.3 Å². The summed E-state index contributed by atoms with van der Waals surface area (Å²) >= 11 is 1.10. The third kappa shape index (κ3) is 5.26. The molecule has 1 aromatic heterocycles. The molecular formula is C18H24N4O3S2. The van der Waals surface area contributed by atoms with Crippen molar-refractivity contribution >= 4 is 32.4 Å². The van der Waals surface area contributed by atoms with E-state index in [1.54, 1.807) is 12.1 Å². The number of nitrogens with zero attached hydrogens (tertiary/aromatic N) is 3. The molecule has 9 heteroatoms. The van der Waals surface area contributed by atoms with E-state index >= 15 is 0 Å². The van der Waals surface area contributed by atoms with E-state index in [4.69, 9.17) is 0 Å². The number of hydrogen-bond acceptors (Lipinski definition) is 6. The quantitative estimate of drug-likeness (QED) is 0.760. The summed E-state index contributed by atoms with van der Waals surface area (Å²) in [7, 11) is -3.72. The van der Waals surface area contributed by atoms with Crippen LogP contribution in [0, 0.1) is 0 Å². The maximum absolute atomic E-state index is 12.5. The SMILES string of the molecule is CCCc1ccc(S(=O)(=O)Nc2nnc(CC(=O)N3CCCCC3)s2)cc1. The fourth-order valence-corrected chi connectivity index (χ4v) is 5.01. The van der Waals surface area contributed by atoms with Gasteiger partial charge in [-0.3, -0.25) is 9.52 Å². The summed E-state index contributed by atoms with van der Waals surface area (Å²) in [5.74, 6) is 0.0202. The Morgan fingerprint density at radius 2 is 1.85 bits per heavy atom. The molecule has 0 atom stereocenters. The maximum atomic E-state index is 12.5. The van der Waals surface area contributed by atoms with Crippen molar-refractivity contribution in [1.82, 2.24) is 15.1 Å². The van der Waals surface area contributed by atoms with E-state index in [1.807, 2.05) is 17.0 Å². The second-order valence-corrected chi connectivity index (χ2v) is 9.36. The van der Waals surface area contributed by atoms with Gasteiger partial charge in [0, 0.05) is 13.1 Å². The minimum atomic E-state index is -3.72. The van der Waals surface area contributed by atoms with E-state index in [9.17, 15) is 13.2 Å². The zero-order chi connectivity index (χ0) is 19.3. The van der Waals surface area contributed by atoms with Gasteiger partial charge in [0.1, 0.15) is 5.01 Å². The van der Waals surface area contributed by atoms with E-state index in [1.165, 1.54) is 0 Å². The number of hydrogen-bond donors (Lipinski definition) is 1. The molecule has 27 heavy (non-hydrogen) atoms. The molecule has 0 aliphatic carbocycles. The summed E-state index contributed by atoms with van der Waals surface area (Å²) in [6.45, 7) is 3.64. The van der Waals surface area contributed by atoms with Gasteiger partial charge in [0.15, 0.2) is 0 Å². The smallest absolute Gasteiger partial charge is 0.263 e. The number of benzene rings is 1. The average Bonchev–Trinajstić information content (AvgIpc) is 3.09. The van der Waals surface area contributed by atoms with Crippen LogP contribution in [0.4, 0.5) is 5.13 Å². The van der Waals surface area contributed by atoms with Crippen LogP contribution in [0.3, 0.4) is 0 Å². The summed E-state index contributed by atoms with van der Waals surface area (Å²) in [6, 6.07) is 6.83. The van der Waals surface area contributed by atoms with E-state index in [2.05, 4.69) is 21.8 Å². The first-order chi connectivity index (χ1) is 13.0. The fourth-order valence-electron chi connectivity index (χ4n) is 3.05. The zero-order valence-electron chi connectivity index (χ0n) is 15.3. The van der Waals surface area contributed by atoms with Crippen LogP contribution in [-0.4, -0.2) is 42.5 Å². The molecular weight excluding hydrogens is 384 g/mol. The van der Waals surface area contributed by atoms with Crippen LogP contribution in [0.15, 0.2) is 29.2 Å². The largest absolute Gasteiger partial charge is 0.342 e. The Morgan fingerprint density at radius 1 is 1.15 bits per heavy atom. The number of anilines is 1. The zero-order valence-corrected chi connectivity index (χ0v) is 17.0. The first-order valence-electron chi connectivity index (χ1n) is 9.20. The Balaban J connectivity index is 1.62. The van der Waals surface area contributed by atoms with Gasteiger partial charge < -0.3 is 4.90 Å². The molecule has 1 aliphatic heterocycles. The van der Waals surface area contributed by atoms with Crippen LogP contribution in [0.1, 0.15) is 43.2 Å². The number of aryl methyl sites for hydroxylation is 1. The number of carbonyl (C=O) groups is 1. The van der Waals surface area contributed by atoms with E-state index in [0.29, 0.717) is 5.01 Å². The first-order valence-corrected chi connectivity index (χ1v) is 11.5. The number of aromatic nitrogens is 2. The highest BCUT2D eigenvalue weighted by Gasteiger charge is 2.20. The Kier molecular flexibility index (Phi) is 6.43. The van der Waals surface area contributed by atoms with Crippen LogP contribution in [0.25, 0.3) is 0 Å². The van der Waals surface area contributed by atoms with Crippen molar-refractivity contribution in [1.29, 1.82) is 0 Å². The second-order valence-electron chi connectivity index (χ2n) is 6.62. The predicted molar refractivity (Wildman–Crippen MR) is 105 cm³/mol. The summed E-state index contributed by atoms with van der Waals surface area (Å²) in [4.78, 5) is 14.3. The summed E-state index contributed by atoms with van der Waals surface area (Å²) in [6.07, 6.45) is 5.31. The Hall–Kier alpha value is -2.00. The van der Waals surface area contributed by atoms with E-state index < -0.39 is 10.0 Å². The van der Waals surface area contributed by atoms with Crippen molar-refractivity contribution in [3.8, 4) is 0 Å². The van der Waals surface area contributed by atoms with Crippen LogP contribution >= 0.6 is 11.3 Å². The minimum Gasteiger partial charge on any atom is -0.342 e. The van der Waals surface area contributed by atoms with Gasteiger partial charge in [0.2, 0.25) is 11.0 Å². The normalized spacial score (nSPS) is 14.9. The first kappa shape index (κ1) is 19.8. The molecule has 7 nitrogen and oxygen atoms in total. The van der Waals surface area contributed by atoms with Gasteiger partial charge in [-0.15, -0.1) is 10.2 Å². The van der Waals surface area contributed by atoms with Gasteiger partial charge in [-0.05, 0) is 43.4 Å². The molecule has 1 aliphatic rings. The highest BCUT2D eigenvalue weighted by molar-refractivity contribution is 7.93. The number of amides is 1. The standard InChI is InChI=1S/C18H24N4O3S2/c1-2-6-14-7-9-15(10-8-14)27(24,25)21-18-20-19-16(26-18)13-17(23)22-11-4-3-5-12-22/h7-10H,2-6,11-13H2,1H3,(H,20,21). The minimum absolute atomic E-state index is 0.0202. The van der Waals surface area contributed by atoms with Crippen LogP contribution in [-0.2, 0) is 27.7 Å². The van der Waals surface area contributed by atoms with Crippen molar-refractivity contribution in [2.75, 3.05) is 17.8 Å². The highest BCUT2D eigenvalue weighted by Crippen LogP contribution is 2.21. The Morgan fingerprint density at radius 3 is 2.52 bits per heavy atom. The van der Waals surface area contributed by atoms with Gasteiger partial charge in [-0.25, -0.2) is 8.42 Å². The number of rotatable bonds is 7. The third-order valence-corrected chi connectivity index (χ3v) is 6.79. The highest BCUT2D eigenvalue weighted by atomic mass is 32.2. The fraction of sp³-hybridized carbons (Fsp3) is 0.500. The molecule has 1 saturated heterocycles. The summed E-state index contributed by atoms with van der Waals surface area (Å²) < 4.78 is 27.5. The topological polar surface area (TPSA) is 92.3 Å². The molecule has 1 N–H and O–H groups in total. The van der Waals surface area contributed by atoms with Crippen molar-refractivity contribution in [2.45, 2.75) is 50.3 Å². The van der Waals surface area contributed by atoms with Crippen molar-refractivity contribution in [3.05, 3.63) is 34.8 Å². The molecule has 1 aromatic carbocycles. The number of carbonyl (C=O) groups excluding carboxylic acids is 1. The average molecular weight is 409 g/mol. The summed E-state index contributed by atoms with van der Waals surface area (Å²) in [5.41, 5.74) is 1.10. The number of sulfonamides is 1. The lowest BCUT2D eigenvalue weighted by atomic mass is 10.1. The van der Waals surface area contributed by atoms with Gasteiger partial charge >= 0.3 is 0 Å². The monoisotopic (exact) mass is 408 g/mol. The summed E-state index contributed by atoms with van der Waals surface area (Å²) in [5, 5.41) is 8.53. The molecule has 3 rings (SSSR count). The van der Waals surface area contributed by atoms with Crippen LogP contribution in [0.2, 0.25) is 0 Å². The van der Waals surface area contributed by atoms with Crippen molar-refractivity contribution in [3.63, 3.8) is 0 Å². The van der Waals surface area contributed by atoms with Crippen molar-refractivity contribution < 1.29 is 13.2 Å². The predicted octanol–water partition coefficient (Wildman–Crippen LogP) is 2.85. The Bertz CT molecular complexity index is 872. The molecule has 2 aromatic rings. The number of likely N-dealkylation sites (tertiary alicyclic amines) is 1.